The lowest BCUT2D eigenvalue weighted by Gasteiger charge is -2.10. The van der Waals surface area contributed by atoms with Gasteiger partial charge in [-0.2, -0.15) is 0 Å². The average Bonchev–Trinajstić information content (AvgIpc) is 3.47. The summed E-state index contributed by atoms with van der Waals surface area (Å²) in [6.45, 7) is 4.57. The number of hydrogen-bond donors (Lipinski definition) is 0. The number of fused-ring (bicyclic) bond motifs is 1. The number of aliphatic imine (C=N–C) groups is 2. The van der Waals surface area contributed by atoms with Gasteiger partial charge < -0.3 is 9.47 Å². The molecule has 6 aromatic carbocycles. The molecule has 0 saturated heterocycles. The summed E-state index contributed by atoms with van der Waals surface area (Å²) in [6.07, 6.45) is 42.3. The van der Waals surface area contributed by atoms with Crippen LogP contribution in [-0.2, 0) is 0 Å². The topological polar surface area (TPSA) is 77.3 Å². The Morgan fingerprint density at radius 3 is 1.17 bits per heavy atom. The van der Waals surface area contributed by atoms with E-state index in [1.807, 2.05) is 78.4 Å². The predicted octanol–water partition coefficient (Wildman–Crippen LogP) is 21.9. The molecule has 0 atom stereocenters. The molecular weight excluding hydrogens is 997 g/mol. The van der Waals surface area contributed by atoms with E-state index in [4.69, 9.17) is 9.47 Å². The Morgan fingerprint density at radius 1 is 0.397 bits per heavy atom. The number of carbonyl (C=O) groups is 2. The van der Waals surface area contributed by atoms with Crippen LogP contribution in [0.2, 0.25) is 0 Å². The van der Waals surface area contributed by atoms with Gasteiger partial charge in [0.1, 0.15) is 11.5 Å². The molecule has 0 fully saturated rings. The normalized spacial score (nSPS) is 11.6. The Kier molecular flexibility index (Phi) is 30.3. The molecule has 0 saturated carbocycles. The maximum atomic E-state index is 13.4. The van der Waals surface area contributed by atoms with Crippen molar-refractivity contribution in [2.75, 3.05) is 11.5 Å². The van der Waals surface area contributed by atoms with Crippen molar-refractivity contribution < 1.29 is 19.1 Å². The fourth-order valence-corrected chi connectivity index (χ4v) is 11.5. The number of rotatable bonds is 40. The summed E-state index contributed by atoms with van der Waals surface area (Å²) < 4.78 is 11.7. The highest BCUT2D eigenvalue weighted by Crippen LogP contribution is 2.31. The standard InChI is InChI=1S/C70H90N2O4S2/c1-3-5-7-9-11-13-15-17-19-21-23-25-27-29-52-77-65-48-43-62(44-49-65)71-55-57-34-38-60(39-35-57)69(73)75-64-47-42-59-32-31-33-68(67(59)54-64)76-70(74)61-40-36-58(37-41-61)56-72-63-45-50-66(51-46-63)78-53-30-28-26-24-22-20-18-16-14-12-10-8-6-4-2/h31-51,54-56H,3-30,52-53H2,1-2H3. The van der Waals surface area contributed by atoms with Crippen molar-refractivity contribution in [3.05, 3.63) is 156 Å². The second-order valence-electron chi connectivity index (χ2n) is 21.1. The second-order valence-corrected chi connectivity index (χ2v) is 23.4. The summed E-state index contributed by atoms with van der Waals surface area (Å²) in [7, 11) is 0. The van der Waals surface area contributed by atoms with E-state index in [2.05, 4.69) is 72.4 Å². The lowest BCUT2D eigenvalue weighted by atomic mass is 10.0. The van der Waals surface area contributed by atoms with Crippen molar-refractivity contribution in [2.24, 2.45) is 9.98 Å². The Labute approximate surface area is 478 Å². The number of carbonyl (C=O) groups excluding carboxylic acids is 2. The Hall–Kier alpha value is -5.44. The van der Waals surface area contributed by atoms with Gasteiger partial charge in [0.05, 0.1) is 22.5 Å². The first-order valence-corrected chi connectivity index (χ1v) is 32.2. The van der Waals surface area contributed by atoms with Crippen molar-refractivity contribution in [3.63, 3.8) is 0 Å². The molecule has 0 radical (unpaired) electrons. The Morgan fingerprint density at radius 2 is 0.769 bits per heavy atom. The fourth-order valence-electron chi connectivity index (χ4n) is 9.64. The molecule has 78 heavy (non-hydrogen) atoms. The Balaban J connectivity index is 0.854. The molecule has 0 spiro atoms. The van der Waals surface area contributed by atoms with Crippen LogP contribution in [0.3, 0.4) is 0 Å². The zero-order chi connectivity index (χ0) is 54.5. The van der Waals surface area contributed by atoms with Crippen molar-refractivity contribution in [1.82, 2.24) is 0 Å². The third-order valence-corrected chi connectivity index (χ3v) is 16.6. The number of unbranched alkanes of at least 4 members (excludes halogenated alkanes) is 26. The number of esters is 2. The monoisotopic (exact) mass is 1090 g/mol. The Bertz CT molecular complexity index is 2650. The van der Waals surface area contributed by atoms with Crippen LogP contribution >= 0.6 is 23.5 Å². The smallest absolute Gasteiger partial charge is 0.343 e. The minimum absolute atomic E-state index is 0.347. The lowest BCUT2D eigenvalue weighted by molar-refractivity contribution is 0.0724. The highest BCUT2D eigenvalue weighted by atomic mass is 32.2. The minimum Gasteiger partial charge on any atom is -0.423 e. The first-order valence-electron chi connectivity index (χ1n) is 30.2. The van der Waals surface area contributed by atoms with Gasteiger partial charge in [-0.15, -0.1) is 23.5 Å². The quantitative estimate of drug-likeness (QED) is 0.0125. The first-order chi connectivity index (χ1) is 38.5. The van der Waals surface area contributed by atoms with Crippen LogP contribution in [0.5, 0.6) is 11.5 Å². The summed E-state index contributed by atoms with van der Waals surface area (Å²) in [5.41, 5.74) is 4.35. The number of thioether (sulfide) groups is 2. The minimum atomic E-state index is -0.486. The average molecular weight is 1090 g/mol. The zero-order valence-corrected chi connectivity index (χ0v) is 49.0. The molecular formula is C70H90N2O4S2. The van der Waals surface area contributed by atoms with Gasteiger partial charge in [0.25, 0.3) is 0 Å². The van der Waals surface area contributed by atoms with Gasteiger partial charge in [-0.05, 0) is 132 Å². The van der Waals surface area contributed by atoms with Crippen molar-refractivity contribution in [2.45, 2.75) is 203 Å². The molecule has 0 aliphatic heterocycles. The molecule has 0 aliphatic carbocycles. The van der Waals surface area contributed by atoms with Gasteiger partial charge in [-0.25, -0.2) is 9.59 Å². The van der Waals surface area contributed by atoms with Crippen LogP contribution in [-0.4, -0.2) is 35.9 Å². The molecule has 6 nitrogen and oxygen atoms in total. The predicted molar refractivity (Wildman–Crippen MR) is 336 cm³/mol. The van der Waals surface area contributed by atoms with Crippen LogP contribution in [0.1, 0.15) is 225 Å². The molecule has 0 heterocycles. The van der Waals surface area contributed by atoms with E-state index in [0.29, 0.717) is 28.0 Å². The molecule has 0 aromatic heterocycles. The van der Waals surface area contributed by atoms with E-state index in [9.17, 15) is 9.59 Å². The molecule has 0 bridgehead atoms. The second kappa shape index (κ2) is 38.2. The molecule has 8 heteroatoms. The number of nitrogens with zero attached hydrogens (tertiary/aromatic N) is 2. The van der Waals surface area contributed by atoms with Gasteiger partial charge in [0.15, 0.2) is 0 Å². The largest absolute Gasteiger partial charge is 0.423 e. The maximum absolute atomic E-state index is 13.4. The van der Waals surface area contributed by atoms with E-state index in [-0.39, 0.29) is 0 Å². The molecule has 6 rings (SSSR count). The van der Waals surface area contributed by atoms with Crippen LogP contribution in [0.15, 0.2) is 153 Å². The molecule has 416 valence electrons. The van der Waals surface area contributed by atoms with Gasteiger partial charge in [-0.1, -0.05) is 223 Å². The van der Waals surface area contributed by atoms with Crippen molar-refractivity contribution >= 4 is 70.0 Å². The molecule has 6 aromatic rings. The lowest BCUT2D eigenvalue weighted by Crippen LogP contribution is -2.09. The summed E-state index contributed by atoms with van der Waals surface area (Å²) in [5.74, 6) is 2.05. The van der Waals surface area contributed by atoms with Crippen molar-refractivity contribution in [1.29, 1.82) is 0 Å². The SMILES string of the molecule is CCCCCCCCCCCCCCCCSc1ccc(N=Cc2ccc(C(=O)Oc3ccc4cccc(OC(=O)c5ccc(C=Nc6ccc(SCCCCCCCCCCCCCCCC)cc6)cc5)c4c3)cc2)cc1. The van der Waals surface area contributed by atoms with Crippen LogP contribution < -0.4 is 9.47 Å². The van der Waals surface area contributed by atoms with Gasteiger partial charge in [0, 0.05) is 27.6 Å². The van der Waals surface area contributed by atoms with Crippen molar-refractivity contribution in [3.8, 4) is 11.5 Å². The summed E-state index contributed by atoms with van der Waals surface area (Å²) in [5, 5.41) is 1.50. The summed E-state index contributed by atoms with van der Waals surface area (Å²) in [4.78, 5) is 38.5. The van der Waals surface area contributed by atoms with Gasteiger partial charge in [0.2, 0.25) is 0 Å². The molecule has 0 amide bonds. The van der Waals surface area contributed by atoms with E-state index in [1.165, 1.54) is 190 Å². The van der Waals surface area contributed by atoms with Crippen LogP contribution in [0.4, 0.5) is 11.4 Å². The number of ether oxygens (including phenoxy) is 2. The number of hydrogen-bond acceptors (Lipinski definition) is 8. The van der Waals surface area contributed by atoms with E-state index in [1.54, 1.807) is 42.5 Å². The fraction of sp³-hybridized carbons (Fsp3) is 0.457. The third kappa shape index (κ3) is 24.7. The van der Waals surface area contributed by atoms with E-state index < -0.39 is 11.9 Å². The number of benzene rings is 6. The highest BCUT2D eigenvalue weighted by molar-refractivity contribution is 7.99. The van der Waals surface area contributed by atoms with Gasteiger partial charge >= 0.3 is 11.9 Å². The maximum Gasteiger partial charge on any atom is 0.343 e. The first kappa shape index (κ1) is 61.8. The molecule has 0 aliphatic rings. The highest BCUT2D eigenvalue weighted by Gasteiger charge is 2.14. The van der Waals surface area contributed by atoms with Crippen LogP contribution in [0.25, 0.3) is 10.8 Å². The van der Waals surface area contributed by atoms with E-state index in [0.717, 1.165) is 39.4 Å². The summed E-state index contributed by atoms with van der Waals surface area (Å²) in [6, 6.07) is 42.1. The van der Waals surface area contributed by atoms with E-state index >= 15 is 0 Å². The molecule has 0 N–H and O–H groups in total. The molecule has 0 unspecified atom stereocenters. The van der Waals surface area contributed by atoms with Crippen LogP contribution in [0, 0.1) is 0 Å². The zero-order valence-electron chi connectivity index (χ0n) is 47.4. The van der Waals surface area contributed by atoms with Gasteiger partial charge in [-0.3, -0.25) is 9.98 Å². The summed E-state index contributed by atoms with van der Waals surface area (Å²) >= 11 is 3.84. The third-order valence-electron chi connectivity index (χ3n) is 14.5.